The third-order valence-electron chi connectivity index (χ3n) is 2.82. The third kappa shape index (κ3) is 3.31. The van der Waals surface area contributed by atoms with Gasteiger partial charge in [0.1, 0.15) is 0 Å². The van der Waals surface area contributed by atoms with Crippen molar-refractivity contribution in [1.82, 2.24) is 4.98 Å². The molecule has 0 aliphatic rings. The van der Waals surface area contributed by atoms with Gasteiger partial charge in [0, 0.05) is 25.1 Å². The molecule has 0 aliphatic heterocycles. The van der Waals surface area contributed by atoms with Gasteiger partial charge in [0.25, 0.3) is 5.91 Å². The second-order valence-electron chi connectivity index (χ2n) is 4.17. The van der Waals surface area contributed by atoms with Crippen LogP contribution >= 0.6 is 0 Å². The average Bonchev–Trinajstić information content (AvgIpc) is 2.46. The Bertz CT molecular complexity index is 656. The Labute approximate surface area is 119 Å². The van der Waals surface area contributed by atoms with Crippen LogP contribution in [0.5, 0.6) is 0 Å². The van der Waals surface area contributed by atoms with Gasteiger partial charge in [0.15, 0.2) is 0 Å². The number of alkyl halides is 3. The molecule has 0 unspecified atom stereocenters. The lowest BCUT2D eigenvalue weighted by Gasteiger charge is -2.14. The molecule has 0 saturated heterocycles. The van der Waals surface area contributed by atoms with Gasteiger partial charge in [-0.1, -0.05) is 12.1 Å². The highest BCUT2D eigenvalue weighted by atomic mass is 19.4. The van der Waals surface area contributed by atoms with E-state index in [0.29, 0.717) is 5.69 Å². The molecule has 0 aliphatic carbocycles. The van der Waals surface area contributed by atoms with Crippen LogP contribution in [0, 0.1) is 0 Å². The van der Waals surface area contributed by atoms with E-state index in [0.717, 1.165) is 6.07 Å². The van der Waals surface area contributed by atoms with E-state index in [1.54, 1.807) is 13.1 Å². The molecule has 7 heteroatoms. The maximum atomic E-state index is 12.9. The SMILES string of the molecule is CNc1ccncc1C(=O)Nc1ccccc1C(F)(F)F. The summed E-state index contributed by atoms with van der Waals surface area (Å²) in [7, 11) is 1.61. The lowest BCUT2D eigenvalue weighted by molar-refractivity contribution is -0.136. The van der Waals surface area contributed by atoms with E-state index in [2.05, 4.69) is 15.6 Å². The predicted octanol–water partition coefficient (Wildman–Crippen LogP) is 3.39. The molecule has 1 heterocycles. The van der Waals surface area contributed by atoms with Crippen LogP contribution < -0.4 is 10.6 Å². The first-order valence-corrected chi connectivity index (χ1v) is 6.03. The minimum atomic E-state index is -4.54. The van der Waals surface area contributed by atoms with Crippen molar-refractivity contribution in [2.45, 2.75) is 6.18 Å². The normalized spacial score (nSPS) is 11.0. The zero-order chi connectivity index (χ0) is 15.5. The minimum absolute atomic E-state index is 0.164. The quantitative estimate of drug-likeness (QED) is 0.912. The summed E-state index contributed by atoms with van der Waals surface area (Å²) in [5, 5.41) is 5.05. The van der Waals surface area contributed by atoms with Crippen molar-refractivity contribution in [1.29, 1.82) is 0 Å². The van der Waals surface area contributed by atoms with Gasteiger partial charge >= 0.3 is 6.18 Å². The second kappa shape index (κ2) is 5.82. The van der Waals surface area contributed by atoms with Crippen LogP contribution in [0.1, 0.15) is 15.9 Å². The maximum Gasteiger partial charge on any atom is 0.418 e. The van der Waals surface area contributed by atoms with Gasteiger partial charge < -0.3 is 10.6 Å². The third-order valence-corrected chi connectivity index (χ3v) is 2.82. The average molecular weight is 295 g/mol. The molecule has 4 nitrogen and oxygen atoms in total. The molecule has 21 heavy (non-hydrogen) atoms. The number of benzene rings is 1. The lowest BCUT2D eigenvalue weighted by Crippen LogP contribution is -2.17. The Hall–Kier alpha value is -2.57. The number of anilines is 2. The highest BCUT2D eigenvalue weighted by Crippen LogP contribution is 2.34. The highest BCUT2D eigenvalue weighted by molar-refractivity contribution is 6.08. The fourth-order valence-corrected chi connectivity index (χ4v) is 1.82. The number of amides is 1. The number of hydrogen-bond donors (Lipinski definition) is 2. The van der Waals surface area contributed by atoms with E-state index in [-0.39, 0.29) is 11.3 Å². The Morgan fingerprint density at radius 2 is 1.86 bits per heavy atom. The topological polar surface area (TPSA) is 54.0 Å². The lowest BCUT2D eigenvalue weighted by atomic mass is 10.1. The summed E-state index contributed by atoms with van der Waals surface area (Å²) in [6.45, 7) is 0. The minimum Gasteiger partial charge on any atom is -0.387 e. The first-order valence-electron chi connectivity index (χ1n) is 6.03. The molecule has 110 valence electrons. The van der Waals surface area contributed by atoms with Crippen LogP contribution in [-0.4, -0.2) is 17.9 Å². The van der Waals surface area contributed by atoms with Gasteiger partial charge in [-0.3, -0.25) is 9.78 Å². The summed E-state index contributed by atoms with van der Waals surface area (Å²) in [6, 6.07) is 6.37. The van der Waals surface area contributed by atoms with Crippen LogP contribution in [0.3, 0.4) is 0 Å². The Morgan fingerprint density at radius 3 is 2.52 bits per heavy atom. The Morgan fingerprint density at radius 1 is 1.14 bits per heavy atom. The number of pyridine rings is 1. The summed E-state index contributed by atoms with van der Waals surface area (Å²) < 4.78 is 38.6. The van der Waals surface area contributed by atoms with Crippen molar-refractivity contribution in [3.8, 4) is 0 Å². The van der Waals surface area contributed by atoms with Crippen LogP contribution in [0.2, 0.25) is 0 Å². The van der Waals surface area contributed by atoms with Crippen molar-refractivity contribution in [3.05, 3.63) is 53.9 Å². The van der Waals surface area contributed by atoms with Gasteiger partial charge in [-0.2, -0.15) is 13.2 Å². The standard InChI is InChI=1S/C14H12F3N3O/c1-18-11-6-7-19-8-9(11)13(21)20-12-5-3-2-4-10(12)14(15,16)17/h2-8H,1H3,(H,18,19)(H,20,21). The van der Waals surface area contributed by atoms with Gasteiger partial charge in [-0.25, -0.2) is 0 Å². The van der Waals surface area contributed by atoms with E-state index in [9.17, 15) is 18.0 Å². The Kier molecular flexibility index (Phi) is 4.11. The van der Waals surface area contributed by atoms with Crippen molar-refractivity contribution in [2.24, 2.45) is 0 Å². The fourth-order valence-electron chi connectivity index (χ4n) is 1.82. The van der Waals surface area contributed by atoms with E-state index in [1.165, 1.54) is 30.6 Å². The number of carbonyl (C=O) groups is 1. The van der Waals surface area contributed by atoms with Crippen LogP contribution in [0.15, 0.2) is 42.7 Å². The summed E-state index contributed by atoms with van der Waals surface area (Å²) in [5.74, 6) is -0.663. The summed E-state index contributed by atoms with van der Waals surface area (Å²) >= 11 is 0. The zero-order valence-corrected chi connectivity index (χ0v) is 11.0. The molecular formula is C14H12F3N3O. The van der Waals surface area contributed by atoms with Gasteiger partial charge in [0.05, 0.1) is 16.8 Å². The first kappa shape index (κ1) is 14.8. The smallest absolute Gasteiger partial charge is 0.387 e. The molecule has 1 aromatic heterocycles. The summed E-state index contributed by atoms with van der Waals surface area (Å²) in [6.07, 6.45) is -1.77. The van der Waals surface area contributed by atoms with Crippen molar-refractivity contribution < 1.29 is 18.0 Å². The van der Waals surface area contributed by atoms with Gasteiger partial charge in [-0.05, 0) is 18.2 Å². The van der Waals surface area contributed by atoms with Crippen molar-refractivity contribution >= 4 is 17.3 Å². The Balaban J connectivity index is 2.33. The molecule has 2 N–H and O–H groups in total. The highest BCUT2D eigenvalue weighted by Gasteiger charge is 2.33. The van der Waals surface area contributed by atoms with Crippen molar-refractivity contribution in [2.75, 3.05) is 17.7 Å². The number of para-hydroxylation sites is 1. The number of nitrogens with zero attached hydrogens (tertiary/aromatic N) is 1. The molecule has 1 amide bonds. The van der Waals surface area contributed by atoms with Gasteiger partial charge in [-0.15, -0.1) is 0 Å². The molecule has 0 fully saturated rings. The van der Waals surface area contributed by atoms with E-state index in [1.807, 2.05) is 0 Å². The number of halogens is 3. The first-order chi connectivity index (χ1) is 9.93. The van der Waals surface area contributed by atoms with Crippen LogP contribution in [-0.2, 0) is 6.18 Å². The zero-order valence-electron chi connectivity index (χ0n) is 11.0. The number of hydrogen-bond acceptors (Lipinski definition) is 3. The molecule has 2 rings (SSSR count). The molecule has 0 radical (unpaired) electrons. The number of aromatic nitrogens is 1. The van der Waals surface area contributed by atoms with E-state index < -0.39 is 17.6 Å². The number of rotatable bonds is 3. The second-order valence-corrected chi connectivity index (χ2v) is 4.17. The van der Waals surface area contributed by atoms with E-state index >= 15 is 0 Å². The summed E-state index contributed by atoms with van der Waals surface area (Å²) in [4.78, 5) is 15.9. The fraction of sp³-hybridized carbons (Fsp3) is 0.143. The molecular weight excluding hydrogens is 283 g/mol. The van der Waals surface area contributed by atoms with Crippen molar-refractivity contribution in [3.63, 3.8) is 0 Å². The van der Waals surface area contributed by atoms with Gasteiger partial charge in [0.2, 0.25) is 0 Å². The molecule has 2 aromatic rings. The monoisotopic (exact) mass is 295 g/mol. The van der Waals surface area contributed by atoms with Crippen LogP contribution in [0.25, 0.3) is 0 Å². The van der Waals surface area contributed by atoms with E-state index in [4.69, 9.17) is 0 Å². The van der Waals surface area contributed by atoms with Crippen LogP contribution in [0.4, 0.5) is 24.5 Å². The molecule has 0 bridgehead atoms. The molecule has 0 atom stereocenters. The predicted molar refractivity (Wildman–Crippen MR) is 73.2 cm³/mol. The number of nitrogens with one attached hydrogen (secondary N) is 2. The molecule has 0 spiro atoms. The number of carbonyl (C=O) groups excluding carboxylic acids is 1. The largest absolute Gasteiger partial charge is 0.418 e. The molecule has 1 aromatic carbocycles. The maximum absolute atomic E-state index is 12.9. The molecule has 0 saturated carbocycles. The summed E-state index contributed by atoms with van der Waals surface area (Å²) in [5.41, 5.74) is -0.543.